The van der Waals surface area contributed by atoms with Gasteiger partial charge in [-0.25, -0.2) is 0 Å². The van der Waals surface area contributed by atoms with Crippen LogP contribution in [0.2, 0.25) is 5.02 Å². The van der Waals surface area contributed by atoms with Gasteiger partial charge in [-0.2, -0.15) is 0 Å². The largest absolute Gasteiger partial charge is 0.457 e. The number of hydrogen-bond donors (Lipinski definition) is 1. The second-order valence-electron chi connectivity index (χ2n) is 8.83. The van der Waals surface area contributed by atoms with E-state index in [9.17, 15) is 4.79 Å². The third kappa shape index (κ3) is 6.25. The maximum Gasteiger partial charge on any atom is 0.248 e. The highest BCUT2D eigenvalue weighted by molar-refractivity contribution is 6.30. The first-order valence-electron chi connectivity index (χ1n) is 12.1. The fraction of sp³-hybridized carbons (Fsp3) is 0.167. The first-order chi connectivity index (χ1) is 17.6. The van der Waals surface area contributed by atoms with Crippen molar-refractivity contribution in [1.29, 1.82) is 0 Å². The van der Waals surface area contributed by atoms with Gasteiger partial charge in [-0.05, 0) is 72.3 Å². The Morgan fingerprint density at radius 2 is 1.58 bits per heavy atom. The Kier molecular flexibility index (Phi) is 7.50. The average molecular weight is 498 g/mol. The molecule has 5 rings (SSSR count). The molecule has 0 bridgehead atoms. The molecule has 0 unspecified atom stereocenters. The van der Waals surface area contributed by atoms with Crippen molar-refractivity contribution in [1.82, 2.24) is 4.90 Å². The Morgan fingerprint density at radius 3 is 2.31 bits per heavy atom. The first kappa shape index (κ1) is 23.9. The molecular formula is C30H28ClN3O2. The van der Waals surface area contributed by atoms with E-state index in [1.165, 1.54) is 17.3 Å². The van der Waals surface area contributed by atoms with Crippen LogP contribution in [0.4, 0.5) is 11.4 Å². The van der Waals surface area contributed by atoms with E-state index in [2.05, 4.69) is 57.6 Å². The Labute approximate surface area is 216 Å². The third-order valence-electron chi connectivity index (χ3n) is 6.28. The number of carbonyl (C=O) groups is 1. The van der Waals surface area contributed by atoms with Crippen LogP contribution in [0.25, 0.3) is 17.4 Å². The average Bonchev–Trinajstić information content (AvgIpc) is 3.39. The molecule has 5 nitrogen and oxygen atoms in total. The molecule has 0 saturated carbocycles. The number of nitrogens with one attached hydrogen (secondary N) is 1. The normalized spacial score (nSPS) is 14.3. The van der Waals surface area contributed by atoms with E-state index in [1.54, 1.807) is 6.08 Å². The molecule has 182 valence electrons. The van der Waals surface area contributed by atoms with Crippen LogP contribution in [0.1, 0.15) is 11.3 Å². The summed E-state index contributed by atoms with van der Waals surface area (Å²) in [6.45, 7) is 5.04. The molecule has 36 heavy (non-hydrogen) atoms. The summed E-state index contributed by atoms with van der Waals surface area (Å²) in [5.74, 6) is 1.13. The smallest absolute Gasteiger partial charge is 0.248 e. The van der Waals surface area contributed by atoms with Crippen molar-refractivity contribution in [2.24, 2.45) is 0 Å². The molecule has 4 aromatic rings. The van der Waals surface area contributed by atoms with Crippen LogP contribution < -0.4 is 10.2 Å². The SMILES string of the molecule is O=C(/C=C/c1ccc(-c2ccc(Cl)cc2)o1)Nc1ccc(N2CCN(Cc3ccccc3)CC2)cc1. The predicted molar refractivity (Wildman–Crippen MR) is 147 cm³/mol. The van der Waals surface area contributed by atoms with Crippen LogP contribution in [0.15, 0.2) is 101 Å². The van der Waals surface area contributed by atoms with E-state index in [0.29, 0.717) is 10.8 Å². The highest BCUT2D eigenvalue weighted by Crippen LogP contribution is 2.24. The van der Waals surface area contributed by atoms with E-state index < -0.39 is 0 Å². The van der Waals surface area contributed by atoms with Crippen LogP contribution in [0.3, 0.4) is 0 Å². The predicted octanol–water partition coefficient (Wildman–Crippen LogP) is 6.57. The number of rotatable bonds is 7. The maximum absolute atomic E-state index is 12.4. The lowest BCUT2D eigenvalue weighted by Crippen LogP contribution is -2.45. The highest BCUT2D eigenvalue weighted by Gasteiger charge is 2.17. The van der Waals surface area contributed by atoms with Crippen LogP contribution in [-0.2, 0) is 11.3 Å². The van der Waals surface area contributed by atoms with Gasteiger partial charge in [-0.3, -0.25) is 9.69 Å². The Bertz CT molecular complexity index is 1310. The molecule has 0 atom stereocenters. The summed E-state index contributed by atoms with van der Waals surface area (Å²) in [5.41, 5.74) is 4.22. The lowest BCUT2D eigenvalue weighted by Gasteiger charge is -2.36. The quantitative estimate of drug-likeness (QED) is 0.293. The molecule has 0 spiro atoms. The number of benzene rings is 3. The number of anilines is 2. The highest BCUT2D eigenvalue weighted by atomic mass is 35.5. The summed E-state index contributed by atoms with van der Waals surface area (Å²) < 4.78 is 5.81. The summed E-state index contributed by atoms with van der Waals surface area (Å²) in [4.78, 5) is 17.3. The topological polar surface area (TPSA) is 48.7 Å². The molecule has 1 fully saturated rings. The van der Waals surface area contributed by atoms with E-state index in [1.807, 2.05) is 48.5 Å². The molecule has 3 aromatic carbocycles. The number of carbonyl (C=O) groups excluding carboxylic acids is 1. The van der Waals surface area contributed by atoms with Gasteiger partial charge < -0.3 is 14.6 Å². The maximum atomic E-state index is 12.4. The second-order valence-corrected chi connectivity index (χ2v) is 9.26. The van der Waals surface area contributed by atoms with Crippen molar-refractivity contribution in [3.63, 3.8) is 0 Å². The summed E-state index contributed by atoms with van der Waals surface area (Å²) in [6, 6.07) is 29.8. The van der Waals surface area contributed by atoms with E-state index in [0.717, 1.165) is 49.7 Å². The van der Waals surface area contributed by atoms with Gasteiger partial charge in [0.05, 0.1) is 0 Å². The van der Waals surface area contributed by atoms with Crippen LogP contribution >= 0.6 is 11.6 Å². The van der Waals surface area contributed by atoms with Crippen molar-refractivity contribution < 1.29 is 9.21 Å². The molecule has 1 saturated heterocycles. The molecule has 0 aliphatic carbocycles. The minimum absolute atomic E-state index is 0.207. The number of hydrogen-bond acceptors (Lipinski definition) is 4. The first-order valence-corrected chi connectivity index (χ1v) is 12.5. The second kappa shape index (κ2) is 11.3. The zero-order valence-corrected chi connectivity index (χ0v) is 20.7. The lowest BCUT2D eigenvalue weighted by atomic mass is 10.2. The van der Waals surface area contributed by atoms with Gasteiger partial charge in [0.1, 0.15) is 11.5 Å². The van der Waals surface area contributed by atoms with Crippen molar-refractivity contribution >= 4 is 35.0 Å². The molecule has 2 heterocycles. The molecule has 1 aliphatic heterocycles. The van der Waals surface area contributed by atoms with Gasteiger partial charge in [0.25, 0.3) is 0 Å². The minimum atomic E-state index is -0.207. The third-order valence-corrected chi connectivity index (χ3v) is 6.53. The number of halogens is 1. The van der Waals surface area contributed by atoms with Crippen LogP contribution in [0, 0.1) is 0 Å². The number of nitrogens with zero attached hydrogens (tertiary/aromatic N) is 2. The minimum Gasteiger partial charge on any atom is -0.457 e. The Hall–Kier alpha value is -3.80. The summed E-state index contributed by atoms with van der Waals surface area (Å²) in [6.07, 6.45) is 3.14. The van der Waals surface area contributed by atoms with Crippen molar-refractivity contribution in [3.05, 3.63) is 113 Å². The van der Waals surface area contributed by atoms with Gasteiger partial charge >= 0.3 is 0 Å². The summed E-state index contributed by atoms with van der Waals surface area (Å²) in [7, 11) is 0. The molecule has 1 amide bonds. The summed E-state index contributed by atoms with van der Waals surface area (Å²) >= 11 is 5.94. The van der Waals surface area contributed by atoms with Crippen molar-refractivity contribution in [2.45, 2.75) is 6.54 Å². The molecule has 0 radical (unpaired) electrons. The standard InChI is InChI=1S/C30H28ClN3O2/c31-25-8-6-24(7-9-25)29-16-14-28(36-29)15-17-30(35)32-26-10-12-27(13-11-26)34-20-18-33(19-21-34)22-23-4-2-1-3-5-23/h1-17H,18-22H2,(H,32,35)/b17-15+. The Balaban J connectivity index is 1.11. The zero-order chi connectivity index (χ0) is 24.7. The van der Waals surface area contributed by atoms with Gasteiger partial charge in [0, 0.05) is 60.8 Å². The number of piperazine rings is 1. The Morgan fingerprint density at radius 1 is 0.861 bits per heavy atom. The van der Waals surface area contributed by atoms with E-state index >= 15 is 0 Å². The fourth-order valence-electron chi connectivity index (χ4n) is 4.31. The van der Waals surface area contributed by atoms with Crippen molar-refractivity contribution in [2.75, 3.05) is 36.4 Å². The van der Waals surface area contributed by atoms with Crippen molar-refractivity contribution in [3.8, 4) is 11.3 Å². The molecule has 6 heteroatoms. The van der Waals surface area contributed by atoms with Crippen LogP contribution in [0.5, 0.6) is 0 Å². The molecule has 1 aromatic heterocycles. The number of furan rings is 1. The molecular weight excluding hydrogens is 470 g/mol. The fourth-order valence-corrected chi connectivity index (χ4v) is 4.44. The molecule has 1 aliphatic rings. The van der Waals surface area contributed by atoms with E-state index in [4.69, 9.17) is 16.0 Å². The van der Waals surface area contributed by atoms with E-state index in [-0.39, 0.29) is 5.91 Å². The lowest BCUT2D eigenvalue weighted by molar-refractivity contribution is -0.111. The van der Waals surface area contributed by atoms with Gasteiger partial charge in [-0.15, -0.1) is 0 Å². The van der Waals surface area contributed by atoms with Crippen LogP contribution in [-0.4, -0.2) is 37.0 Å². The molecule has 1 N–H and O–H groups in total. The van der Waals surface area contributed by atoms with Gasteiger partial charge in [-0.1, -0.05) is 41.9 Å². The monoisotopic (exact) mass is 497 g/mol. The summed E-state index contributed by atoms with van der Waals surface area (Å²) in [5, 5.41) is 3.59. The number of amides is 1. The zero-order valence-electron chi connectivity index (χ0n) is 19.9. The van der Waals surface area contributed by atoms with Gasteiger partial charge in [0.15, 0.2) is 0 Å². The van der Waals surface area contributed by atoms with Gasteiger partial charge in [0.2, 0.25) is 5.91 Å².